The van der Waals surface area contributed by atoms with Crippen molar-refractivity contribution in [1.82, 2.24) is 25.1 Å². The van der Waals surface area contributed by atoms with Crippen LogP contribution in [0.4, 0.5) is 4.79 Å². The van der Waals surface area contributed by atoms with Crippen LogP contribution in [0.15, 0.2) is 30.6 Å². The molecule has 0 saturated carbocycles. The molecule has 203 valence electrons. The summed E-state index contributed by atoms with van der Waals surface area (Å²) < 4.78 is 11.6. The molecule has 0 bridgehead atoms. The molecule has 1 saturated heterocycles. The van der Waals surface area contributed by atoms with E-state index in [-0.39, 0.29) is 25.4 Å². The van der Waals surface area contributed by atoms with Crippen LogP contribution in [-0.2, 0) is 9.59 Å². The number of allylic oxidation sites excluding steroid dienone is 2. The summed E-state index contributed by atoms with van der Waals surface area (Å²) in [6.45, 7) is 2.62. The van der Waals surface area contributed by atoms with Gasteiger partial charge in [0.05, 0.1) is 24.4 Å². The van der Waals surface area contributed by atoms with E-state index in [9.17, 15) is 19.5 Å². The van der Waals surface area contributed by atoms with Crippen molar-refractivity contribution in [3.63, 3.8) is 0 Å². The summed E-state index contributed by atoms with van der Waals surface area (Å²) in [5.74, 6) is -0.556. The van der Waals surface area contributed by atoms with E-state index in [1.165, 1.54) is 11.2 Å². The number of urea groups is 1. The number of hydrogen-bond acceptors (Lipinski definition) is 7. The number of aliphatic carboxylic acids is 1. The fourth-order valence-corrected chi connectivity index (χ4v) is 4.99. The molecule has 11 heteroatoms. The average molecular weight is 526 g/mol. The van der Waals surface area contributed by atoms with Crippen LogP contribution in [0.5, 0.6) is 11.6 Å². The molecular formula is C27H35N5O6+. The number of nitrogens with one attached hydrogen (secondary N) is 1. The van der Waals surface area contributed by atoms with Crippen LogP contribution in [-0.4, -0.2) is 83.3 Å². The molecule has 1 aromatic carbocycles. The molecule has 0 spiro atoms. The Morgan fingerprint density at radius 1 is 1.18 bits per heavy atom. The van der Waals surface area contributed by atoms with Crippen molar-refractivity contribution in [3.05, 3.63) is 36.2 Å². The summed E-state index contributed by atoms with van der Waals surface area (Å²) >= 11 is 0. The zero-order valence-electron chi connectivity index (χ0n) is 22.1. The zero-order chi connectivity index (χ0) is 27.2. The van der Waals surface area contributed by atoms with Crippen LogP contribution in [0.25, 0.3) is 10.9 Å². The number of fused-ring (bicyclic) bond motifs is 2. The van der Waals surface area contributed by atoms with Gasteiger partial charge in [-0.15, -0.1) is 0 Å². The Hall–Kier alpha value is -3.73. The third-order valence-electron chi connectivity index (χ3n) is 7.13. The van der Waals surface area contributed by atoms with E-state index in [1.807, 2.05) is 31.2 Å². The summed E-state index contributed by atoms with van der Waals surface area (Å²) in [7, 11) is 3.31. The highest BCUT2D eigenvalue weighted by atomic mass is 16.5. The third kappa shape index (κ3) is 6.04. The normalized spacial score (nSPS) is 23.9. The number of carbonyl (C=O) groups excluding carboxylic acids is 2. The smallest absolute Gasteiger partial charge is 0.467 e. The molecule has 2 aliphatic heterocycles. The maximum atomic E-state index is 13.4. The lowest BCUT2D eigenvalue weighted by atomic mass is 10.1. The Morgan fingerprint density at radius 3 is 2.74 bits per heavy atom. The number of nitrogens with zero attached hydrogens (tertiary/aromatic N) is 4. The summed E-state index contributed by atoms with van der Waals surface area (Å²) in [4.78, 5) is 50.3. The highest BCUT2D eigenvalue weighted by Crippen LogP contribution is 2.31. The van der Waals surface area contributed by atoms with E-state index in [2.05, 4.69) is 15.3 Å². The Balaban J connectivity index is 1.59. The summed E-state index contributed by atoms with van der Waals surface area (Å²) in [6, 6.07) is 1.44. The zero-order valence-corrected chi connectivity index (χ0v) is 22.1. The fourth-order valence-electron chi connectivity index (χ4n) is 4.99. The lowest BCUT2D eigenvalue weighted by molar-refractivity contribution is -0.142. The SMILES string of the molecule is COc1ccc2c(OC3CC4C(=O)NC(C(=O)O)CCC=CCCCCN(C)C(=O)[N+]4C3)ncnc2c1C. The first kappa shape index (κ1) is 27.3. The standard InChI is InChI=1S/C27H35N5O6/c1-17-22(37-3)12-11-19-23(17)28-16-29-25(19)38-18-14-21-24(33)30-20(26(34)35)10-8-6-4-5-7-9-13-31(2)27(36)32(21)15-18/h4,6,11-12,16,18,20-21H,5,7-10,13-15H2,1-3H3,(H,30,33)(H,34,35)/q+1. The minimum Gasteiger partial charge on any atom is -0.496 e. The van der Waals surface area contributed by atoms with Gasteiger partial charge in [-0.1, -0.05) is 17.1 Å². The second kappa shape index (κ2) is 12.2. The highest BCUT2D eigenvalue weighted by molar-refractivity contribution is 5.92. The van der Waals surface area contributed by atoms with Gasteiger partial charge in [-0.2, -0.15) is 0 Å². The van der Waals surface area contributed by atoms with Gasteiger partial charge in [-0.3, -0.25) is 9.69 Å². The molecule has 3 heterocycles. The van der Waals surface area contributed by atoms with Gasteiger partial charge in [0.2, 0.25) is 11.9 Å². The number of benzene rings is 1. The molecule has 0 aliphatic carbocycles. The van der Waals surface area contributed by atoms with Gasteiger partial charge in [0, 0.05) is 19.2 Å². The summed E-state index contributed by atoms with van der Waals surface area (Å²) in [5, 5.41) is 13.0. The predicted molar refractivity (Wildman–Crippen MR) is 140 cm³/mol. The molecule has 3 atom stereocenters. The number of rotatable bonds is 4. The Kier molecular flexibility index (Phi) is 8.77. The Morgan fingerprint density at radius 2 is 1.97 bits per heavy atom. The third-order valence-corrected chi connectivity index (χ3v) is 7.13. The van der Waals surface area contributed by atoms with E-state index in [0.717, 1.165) is 24.8 Å². The second-order valence-electron chi connectivity index (χ2n) is 9.76. The fraction of sp³-hybridized carbons (Fsp3) is 0.519. The summed E-state index contributed by atoms with van der Waals surface area (Å²) in [6.07, 6.45) is 8.48. The number of aryl methyl sites for hydroxylation is 1. The van der Waals surface area contributed by atoms with Crippen LogP contribution < -0.4 is 19.7 Å². The quantitative estimate of drug-likeness (QED) is 0.459. The number of aromatic nitrogens is 2. The molecule has 1 fully saturated rings. The largest absolute Gasteiger partial charge is 0.496 e. The number of carboxylic acid groups (broad SMARTS) is 1. The van der Waals surface area contributed by atoms with Crippen LogP contribution in [0.2, 0.25) is 0 Å². The average Bonchev–Trinajstić information content (AvgIpc) is 3.32. The van der Waals surface area contributed by atoms with E-state index >= 15 is 0 Å². The van der Waals surface area contributed by atoms with E-state index in [4.69, 9.17) is 9.47 Å². The Bertz CT molecular complexity index is 1220. The molecule has 3 unspecified atom stereocenters. The minimum absolute atomic E-state index is 0.168. The lowest BCUT2D eigenvalue weighted by Crippen LogP contribution is -2.56. The van der Waals surface area contributed by atoms with Crippen molar-refractivity contribution in [1.29, 1.82) is 0 Å². The summed E-state index contributed by atoms with van der Waals surface area (Å²) in [5.41, 5.74) is 1.54. The van der Waals surface area contributed by atoms with E-state index < -0.39 is 30.1 Å². The van der Waals surface area contributed by atoms with Crippen molar-refractivity contribution in [2.75, 3.05) is 27.2 Å². The van der Waals surface area contributed by atoms with Crippen molar-refractivity contribution in [3.8, 4) is 11.6 Å². The van der Waals surface area contributed by atoms with Crippen LogP contribution in [0.1, 0.15) is 44.1 Å². The second-order valence-corrected chi connectivity index (χ2v) is 9.76. The number of carbonyl (C=O) groups is 3. The molecule has 4 rings (SSSR count). The first-order valence-electron chi connectivity index (χ1n) is 12.9. The van der Waals surface area contributed by atoms with Crippen LogP contribution >= 0.6 is 0 Å². The molecule has 2 aromatic rings. The maximum Gasteiger partial charge on any atom is 0.467 e. The Labute approximate surface area is 221 Å². The molecule has 38 heavy (non-hydrogen) atoms. The van der Waals surface area contributed by atoms with Gasteiger partial charge in [-0.25, -0.2) is 19.6 Å². The number of methoxy groups -OCH3 is 1. The van der Waals surface area contributed by atoms with Crippen molar-refractivity contribution < 1.29 is 29.0 Å². The number of hydrogen-bond donors (Lipinski definition) is 2. The van der Waals surface area contributed by atoms with Gasteiger partial charge >= 0.3 is 12.0 Å². The lowest BCUT2D eigenvalue weighted by Gasteiger charge is -2.20. The number of carboxylic acids is 1. The first-order valence-corrected chi connectivity index (χ1v) is 12.9. The van der Waals surface area contributed by atoms with Gasteiger partial charge in [0.15, 0.2) is 12.6 Å². The highest BCUT2D eigenvalue weighted by Gasteiger charge is 2.52. The van der Waals surface area contributed by atoms with Gasteiger partial charge in [0.25, 0.3) is 5.91 Å². The van der Waals surface area contributed by atoms with Crippen molar-refractivity contribution >= 4 is 28.8 Å². The van der Waals surface area contributed by atoms with Crippen molar-refractivity contribution in [2.45, 2.75) is 63.6 Å². The minimum atomic E-state index is -1.10. The monoisotopic (exact) mass is 525 g/mol. The molecule has 2 N–H and O–H groups in total. The van der Waals surface area contributed by atoms with Gasteiger partial charge < -0.3 is 19.9 Å². The topological polar surface area (TPSA) is 137 Å². The number of ether oxygens (including phenoxy) is 2. The predicted octanol–water partition coefficient (Wildman–Crippen LogP) is 2.75. The molecule has 3 amide bonds. The molecular weight excluding hydrogens is 490 g/mol. The maximum absolute atomic E-state index is 13.4. The van der Waals surface area contributed by atoms with E-state index in [1.54, 1.807) is 19.1 Å². The molecule has 11 nitrogen and oxygen atoms in total. The molecule has 1 aromatic heterocycles. The van der Waals surface area contributed by atoms with E-state index in [0.29, 0.717) is 35.5 Å². The van der Waals surface area contributed by atoms with Gasteiger partial charge in [-0.05, 0) is 51.2 Å². The number of amides is 3. The van der Waals surface area contributed by atoms with Crippen molar-refractivity contribution in [2.24, 2.45) is 0 Å². The van der Waals surface area contributed by atoms with Crippen LogP contribution in [0.3, 0.4) is 0 Å². The molecule has 2 aliphatic rings. The van der Waals surface area contributed by atoms with Gasteiger partial charge in [0.1, 0.15) is 18.1 Å². The molecule has 1 radical (unpaired) electrons. The first-order chi connectivity index (χ1) is 18.3. The van der Waals surface area contributed by atoms with Crippen LogP contribution in [0, 0.1) is 6.92 Å².